The topological polar surface area (TPSA) is 66.8 Å². The van der Waals surface area contributed by atoms with Crippen LogP contribution < -0.4 is 4.90 Å². The van der Waals surface area contributed by atoms with Crippen LogP contribution in [0.1, 0.15) is 44.0 Å². The monoisotopic (exact) mass is 277 g/mol. The van der Waals surface area contributed by atoms with E-state index in [-0.39, 0.29) is 11.6 Å². The molecule has 1 aromatic carbocycles. The summed E-state index contributed by atoms with van der Waals surface area (Å²) in [6.07, 6.45) is 1.24. The summed E-state index contributed by atoms with van der Waals surface area (Å²) in [4.78, 5) is 25.1. The molecule has 1 aromatic rings. The van der Waals surface area contributed by atoms with Crippen LogP contribution >= 0.6 is 0 Å². The van der Waals surface area contributed by atoms with Gasteiger partial charge in [0.1, 0.15) is 5.60 Å². The van der Waals surface area contributed by atoms with Crippen molar-refractivity contribution in [3.8, 4) is 0 Å². The van der Waals surface area contributed by atoms with Gasteiger partial charge in [-0.25, -0.2) is 9.59 Å². The summed E-state index contributed by atoms with van der Waals surface area (Å²) >= 11 is 0. The Bertz CT molecular complexity index is 529. The fourth-order valence-electron chi connectivity index (χ4n) is 1.95. The van der Waals surface area contributed by atoms with Gasteiger partial charge in [-0.2, -0.15) is 0 Å². The summed E-state index contributed by atoms with van der Waals surface area (Å²) < 4.78 is 5.38. The van der Waals surface area contributed by atoms with Gasteiger partial charge in [-0.3, -0.25) is 4.90 Å². The van der Waals surface area contributed by atoms with Crippen molar-refractivity contribution in [3.05, 3.63) is 29.8 Å². The minimum Gasteiger partial charge on any atom is -0.478 e. The van der Waals surface area contributed by atoms with E-state index in [1.54, 1.807) is 39.0 Å². The molecule has 0 bridgehead atoms. The van der Waals surface area contributed by atoms with E-state index in [1.165, 1.54) is 11.0 Å². The van der Waals surface area contributed by atoms with Crippen molar-refractivity contribution in [3.63, 3.8) is 0 Å². The Morgan fingerprint density at radius 2 is 1.85 bits per heavy atom. The minimum absolute atomic E-state index is 0.0327. The number of hydrogen-bond acceptors (Lipinski definition) is 3. The lowest BCUT2D eigenvalue weighted by Crippen LogP contribution is -2.39. The third kappa shape index (κ3) is 3.29. The zero-order valence-electron chi connectivity index (χ0n) is 11.9. The third-order valence-corrected chi connectivity index (χ3v) is 2.90. The number of nitrogens with zero attached hydrogens (tertiary/aromatic N) is 1. The highest BCUT2D eigenvalue weighted by Gasteiger charge is 2.38. The van der Waals surface area contributed by atoms with Gasteiger partial charge < -0.3 is 9.84 Å². The van der Waals surface area contributed by atoms with Crippen LogP contribution in [0.5, 0.6) is 0 Å². The van der Waals surface area contributed by atoms with Crippen molar-refractivity contribution in [2.75, 3.05) is 4.90 Å². The van der Waals surface area contributed by atoms with Gasteiger partial charge in [0, 0.05) is 6.04 Å². The maximum absolute atomic E-state index is 12.3. The lowest BCUT2D eigenvalue weighted by Gasteiger charge is -2.28. The van der Waals surface area contributed by atoms with Crippen molar-refractivity contribution >= 4 is 17.7 Å². The minimum atomic E-state index is -1.05. The lowest BCUT2D eigenvalue weighted by atomic mass is 10.1. The molecule has 0 spiro atoms. The summed E-state index contributed by atoms with van der Waals surface area (Å²) in [5, 5.41) is 9.25. The number of carboxylic acid groups (broad SMARTS) is 1. The van der Waals surface area contributed by atoms with Crippen LogP contribution in [0.25, 0.3) is 0 Å². The smallest absolute Gasteiger partial charge is 0.415 e. The zero-order valence-corrected chi connectivity index (χ0v) is 11.9. The summed E-state index contributed by atoms with van der Waals surface area (Å²) in [7, 11) is 0. The molecule has 0 unspecified atom stereocenters. The normalized spacial score (nSPS) is 14.8. The van der Waals surface area contributed by atoms with Gasteiger partial charge in [0.15, 0.2) is 0 Å². The molecule has 1 fully saturated rings. The molecule has 1 saturated carbocycles. The molecule has 0 aromatic heterocycles. The Hall–Kier alpha value is -2.04. The van der Waals surface area contributed by atoms with E-state index in [1.807, 2.05) is 0 Å². The third-order valence-electron chi connectivity index (χ3n) is 2.90. The Balaban J connectivity index is 2.35. The number of hydrogen-bond donors (Lipinski definition) is 1. The Morgan fingerprint density at radius 3 is 2.35 bits per heavy atom. The van der Waals surface area contributed by atoms with Gasteiger partial charge in [-0.1, -0.05) is 12.1 Å². The molecule has 5 heteroatoms. The molecular formula is C15H19NO4. The quantitative estimate of drug-likeness (QED) is 0.920. The van der Waals surface area contributed by atoms with Crippen molar-refractivity contribution in [2.45, 2.75) is 45.3 Å². The second-order valence-electron chi connectivity index (χ2n) is 5.90. The highest BCUT2D eigenvalue weighted by atomic mass is 16.6. The van der Waals surface area contributed by atoms with Crippen LogP contribution in [0.4, 0.5) is 10.5 Å². The summed E-state index contributed by atoms with van der Waals surface area (Å²) in [6.45, 7) is 5.37. The van der Waals surface area contributed by atoms with Gasteiger partial charge in [0.05, 0.1) is 11.3 Å². The standard InChI is InChI=1S/C15H19NO4/c1-15(2,3)20-14(19)16(10-8-9-10)12-7-5-4-6-11(12)13(17)18/h4-7,10H,8-9H2,1-3H3,(H,17,18). The van der Waals surface area contributed by atoms with Crippen LogP contribution in [-0.2, 0) is 4.74 Å². The first-order chi connectivity index (χ1) is 9.29. The van der Waals surface area contributed by atoms with E-state index in [0.717, 1.165) is 12.8 Å². The molecule has 0 aliphatic heterocycles. The molecule has 1 aliphatic carbocycles. The van der Waals surface area contributed by atoms with Crippen LogP contribution in [0.2, 0.25) is 0 Å². The fraction of sp³-hybridized carbons (Fsp3) is 0.467. The number of carboxylic acids is 1. The average Bonchev–Trinajstić information content (AvgIpc) is 3.11. The maximum Gasteiger partial charge on any atom is 0.415 e. The molecule has 1 aliphatic rings. The molecule has 0 heterocycles. The Kier molecular flexibility index (Phi) is 3.70. The highest BCUT2D eigenvalue weighted by Crippen LogP contribution is 2.34. The second-order valence-corrected chi connectivity index (χ2v) is 5.90. The second kappa shape index (κ2) is 5.15. The van der Waals surface area contributed by atoms with Gasteiger partial charge >= 0.3 is 12.1 Å². The highest BCUT2D eigenvalue weighted by molar-refractivity contribution is 6.00. The predicted molar refractivity (Wildman–Crippen MR) is 75.1 cm³/mol. The Labute approximate surface area is 118 Å². The zero-order chi connectivity index (χ0) is 14.9. The number of amides is 1. The molecule has 0 atom stereocenters. The number of rotatable bonds is 3. The molecule has 1 N–H and O–H groups in total. The molecule has 2 rings (SSSR count). The van der Waals surface area contributed by atoms with Crippen molar-refractivity contribution in [1.82, 2.24) is 0 Å². The molecule has 1 amide bonds. The number of carbonyl (C=O) groups is 2. The summed E-state index contributed by atoms with van der Waals surface area (Å²) in [5.74, 6) is -1.05. The van der Waals surface area contributed by atoms with Gasteiger partial charge in [0.2, 0.25) is 0 Å². The molecule has 5 nitrogen and oxygen atoms in total. The van der Waals surface area contributed by atoms with E-state index in [0.29, 0.717) is 5.69 Å². The number of benzene rings is 1. The number of carbonyl (C=O) groups excluding carboxylic acids is 1. The van der Waals surface area contributed by atoms with E-state index < -0.39 is 17.7 Å². The summed E-state index contributed by atoms with van der Waals surface area (Å²) in [5.41, 5.74) is -0.0930. The van der Waals surface area contributed by atoms with Gasteiger partial charge in [0.25, 0.3) is 0 Å². The van der Waals surface area contributed by atoms with Crippen molar-refractivity contribution in [1.29, 1.82) is 0 Å². The molecule has 108 valence electrons. The van der Waals surface area contributed by atoms with Crippen LogP contribution in [0.15, 0.2) is 24.3 Å². The van der Waals surface area contributed by atoms with Crippen molar-refractivity contribution in [2.24, 2.45) is 0 Å². The van der Waals surface area contributed by atoms with Gasteiger partial charge in [-0.05, 0) is 45.7 Å². The molecular weight excluding hydrogens is 258 g/mol. The molecule has 20 heavy (non-hydrogen) atoms. The first kappa shape index (κ1) is 14.4. The molecule has 0 radical (unpaired) electrons. The first-order valence-electron chi connectivity index (χ1n) is 6.64. The number of para-hydroxylation sites is 1. The number of anilines is 1. The van der Waals surface area contributed by atoms with E-state index in [2.05, 4.69) is 0 Å². The van der Waals surface area contributed by atoms with Crippen LogP contribution in [0, 0.1) is 0 Å². The van der Waals surface area contributed by atoms with Crippen molar-refractivity contribution < 1.29 is 19.4 Å². The Morgan fingerprint density at radius 1 is 1.25 bits per heavy atom. The van der Waals surface area contributed by atoms with Crippen LogP contribution in [0.3, 0.4) is 0 Å². The largest absolute Gasteiger partial charge is 0.478 e. The number of ether oxygens (including phenoxy) is 1. The average molecular weight is 277 g/mol. The lowest BCUT2D eigenvalue weighted by molar-refractivity contribution is 0.0577. The predicted octanol–water partition coefficient (Wildman–Crippen LogP) is 3.29. The number of aromatic carboxylic acids is 1. The molecule has 0 saturated heterocycles. The van der Waals surface area contributed by atoms with E-state index >= 15 is 0 Å². The van der Waals surface area contributed by atoms with E-state index in [4.69, 9.17) is 4.74 Å². The SMILES string of the molecule is CC(C)(C)OC(=O)N(c1ccccc1C(=O)O)C1CC1. The first-order valence-corrected chi connectivity index (χ1v) is 6.64. The fourth-order valence-corrected chi connectivity index (χ4v) is 1.95. The summed E-state index contributed by atoms with van der Waals surface area (Å²) in [6, 6.07) is 6.54. The maximum atomic E-state index is 12.3. The van der Waals surface area contributed by atoms with E-state index in [9.17, 15) is 14.7 Å². The van der Waals surface area contributed by atoms with Gasteiger partial charge in [-0.15, -0.1) is 0 Å². The van der Waals surface area contributed by atoms with Crippen LogP contribution in [-0.4, -0.2) is 28.8 Å².